The Morgan fingerprint density at radius 2 is 1.12 bits per heavy atom. The summed E-state index contributed by atoms with van der Waals surface area (Å²) in [5.41, 5.74) is 5.77. The number of nitrogens with zero attached hydrogens (tertiary/aromatic N) is 3. The first-order valence-corrected chi connectivity index (χ1v) is 19.1. The van der Waals surface area contributed by atoms with Crippen LogP contribution in [0.4, 0.5) is 0 Å². The summed E-state index contributed by atoms with van der Waals surface area (Å²) < 4.78 is 16.9. The van der Waals surface area contributed by atoms with Crippen molar-refractivity contribution in [1.29, 1.82) is 0 Å². The molecule has 3 heterocycles. The van der Waals surface area contributed by atoms with Crippen molar-refractivity contribution in [1.82, 2.24) is 14.7 Å². The van der Waals surface area contributed by atoms with Gasteiger partial charge in [-0.2, -0.15) is 0 Å². The lowest BCUT2D eigenvalue weighted by Gasteiger charge is -2.36. The molecule has 5 aliphatic rings. The molecule has 1 saturated heterocycles. The summed E-state index contributed by atoms with van der Waals surface area (Å²) in [5.74, 6) is 1.28. The summed E-state index contributed by atoms with van der Waals surface area (Å²) in [6.45, 7) is 8.55. The van der Waals surface area contributed by atoms with Gasteiger partial charge in [0.1, 0.15) is 11.5 Å². The molecule has 9 heteroatoms. The number of carboxylic acids is 1. The third kappa shape index (κ3) is 10.4. The molecule has 0 atom stereocenters. The van der Waals surface area contributed by atoms with Crippen LogP contribution in [0.25, 0.3) is 0 Å². The van der Waals surface area contributed by atoms with Crippen molar-refractivity contribution in [3.05, 3.63) is 58.7 Å². The number of benzene rings is 2. The number of rotatable bonds is 12. The zero-order valence-corrected chi connectivity index (χ0v) is 29.4. The Hall–Kier alpha value is -3.14. The lowest BCUT2D eigenvalue weighted by molar-refractivity contribution is -0.137. The minimum atomic E-state index is -0.762. The Balaban J connectivity index is 0.000000174. The molecule has 0 radical (unpaired) electrons. The van der Waals surface area contributed by atoms with Crippen molar-refractivity contribution in [2.45, 2.75) is 102 Å². The number of amides is 1. The molecule has 2 aliphatic carbocycles. The average molecular weight is 676 g/mol. The third-order valence-corrected chi connectivity index (χ3v) is 11.2. The molecule has 1 amide bonds. The van der Waals surface area contributed by atoms with Gasteiger partial charge in [-0.25, -0.2) is 0 Å². The van der Waals surface area contributed by atoms with Gasteiger partial charge in [0.25, 0.3) is 0 Å². The van der Waals surface area contributed by atoms with Crippen LogP contribution in [-0.2, 0) is 40.0 Å². The second-order valence-electron chi connectivity index (χ2n) is 14.4. The van der Waals surface area contributed by atoms with Gasteiger partial charge in [0, 0.05) is 64.2 Å². The van der Waals surface area contributed by atoms with Gasteiger partial charge in [-0.15, -0.1) is 0 Å². The summed E-state index contributed by atoms with van der Waals surface area (Å²) in [4.78, 5) is 29.9. The number of hydrogen-bond donors (Lipinski definition) is 1. The van der Waals surface area contributed by atoms with Crippen molar-refractivity contribution in [3.8, 4) is 11.5 Å². The highest BCUT2D eigenvalue weighted by Crippen LogP contribution is 2.30. The van der Waals surface area contributed by atoms with Gasteiger partial charge in [0.05, 0.1) is 26.4 Å². The van der Waals surface area contributed by atoms with Crippen molar-refractivity contribution < 1.29 is 28.9 Å². The van der Waals surface area contributed by atoms with Gasteiger partial charge in [0.15, 0.2) is 0 Å². The van der Waals surface area contributed by atoms with Crippen LogP contribution < -0.4 is 9.47 Å². The van der Waals surface area contributed by atoms with Gasteiger partial charge in [-0.1, -0.05) is 25.0 Å². The molecule has 7 rings (SSSR count). The minimum absolute atomic E-state index is 0.168. The van der Waals surface area contributed by atoms with E-state index in [0.29, 0.717) is 39.3 Å². The van der Waals surface area contributed by atoms with E-state index in [2.05, 4.69) is 40.1 Å². The predicted octanol–water partition coefficient (Wildman–Crippen LogP) is 5.54. The van der Waals surface area contributed by atoms with Gasteiger partial charge in [-0.3, -0.25) is 19.4 Å². The monoisotopic (exact) mass is 675 g/mol. The second-order valence-corrected chi connectivity index (χ2v) is 14.4. The smallest absolute Gasteiger partial charge is 0.303 e. The highest BCUT2D eigenvalue weighted by molar-refractivity contribution is 5.76. The molecule has 0 spiro atoms. The summed E-state index contributed by atoms with van der Waals surface area (Å²) in [7, 11) is 0. The molecule has 9 nitrogen and oxygen atoms in total. The number of hydrogen-bond acceptors (Lipinski definition) is 7. The second kappa shape index (κ2) is 18.2. The minimum Gasteiger partial charge on any atom is -0.494 e. The maximum absolute atomic E-state index is 12.2. The van der Waals surface area contributed by atoms with E-state index < -0.39 is 5.97 Å². The molecule has 49 heavy (non-hydrogen) atoms. The molecule has 3 fully saturated rings. The maximum Gasteiger partial charge on any atom is 0.303 e. The van der Waals surface area contributed by atoms with Gasteiger partial charge in [0.2, 0.25) is 5.91 Å². The van der Waals surface area contributed by atoms with E-state index in [9.17, 15) is 9.59 Å². The SMILES string of the molecule is O=C(CCCOc1ccc2c(c1)CCN(C1CCC1)CC2)N1CCOCC1.O=C(O)CCCOc1ccc2c(c1)CCN(C1CCC1)CC2. The Morgan fingerprint density at radius 3 is 1.57 bits per heavy atom. The standard InChI is InChI=1S/C22H32N2O3.C18H25NO3/c25-22(24-12-15-26-16-13-24)5-2-14-27-21-7-6-18-8-10-23(20-3-1-4-20)11-9-19(18)17-21;20-18(21)5-2-12-22-17-7-6-14-8-10-19(16-3-1-4-16)11-9-15(14)13-17/h6-7,17,20H,1-5,8-16H2;6-7,13,16H,1-5,8-12H2,(H,20,21). The van der Waals surface area contributed by atoms with E-state index in [-0.39, 0.29) is 12.3 Å². The molecule has 0 aromatic heterocycles. The third-order valence-electron chi connectivity index (χ3n) is 11.2. The average Bonchev–Trinajstić information content (AvgIpc) is 3.40. The molecule has 2 aromatic rings. The van der Waals surface area contributed by atoms with Crippen LogP contribution in [0.3, 0.4) is 0 Å². The summed E-state index contributed by atoms with van der Waals surface area (Å²) in [5, 5.41) is 8.63. The first-order valence-electron chi connectivity index (χ1n) is 19.1. The number of aliphatic carboxylic acids is 1. The van der Waals surface area contributed by atoms with Crippen LogP contribution >= 0.6 is 0 Å². The normalized spacial score (nSPS) is 20.3. The van der Waals surface area contributed by atoms with Gasteiger partial charge >= 0.3 is 5.97 Å². The van der Waals surface area contributed by atoms with Crippen molar-refractivity contribution in [3.63, 3.8) is 0 Å². The molecule has 3 aliphatic heterocycles. The molecule has 2 aromatic carbocycles. The lowest BCUT2D eigenvalue weighted by atomic mass is 9.91. The van der Waals surface area contributed by atoms with Crippen molar-refractivity contribution in [2.24, 2.45) is 0 Å². The van der Waals surface area contributed by atoms with Crippen LogP contribution in [0.5, 0.6) is 11.5 Å². The Labute approximate surface area is 292 Å². The molecule has 0 unspecified atom stereocenters. The van der Waals surface area contributed by atoms with Crippen molar-refractivity contribution in [2.75, 3.05) is 65.7 Å². The van der Waals surface area contributed by atoms with E-state index in [1.54, 1.807) is 0 Å². The quantitative estimate of drug-likeness (QED) is 0.294. The van der Waals surface area contributed by atoms with Crippen LogP contribution in [0.1, 0.15) is 86.5 Å². The van der Waals surface area contributed by atoms with E-state index in [0.717, 1.165) is 75.3 Å². The number of carboxylic acid groups (broad SMARTS) is 1. The molecular weight excluding hydrogens is 618 g/mol. The maximum atomic E-state index is 12.2. The number of fused-ring (bicyclic) bond motifs is 2. The summed E-state index contributed by atoms with van der Waals surface area (Å²) >= 11 is 0. The fourth-order valence-corrected chi connectivity index (χ4v) is 7.65. The number of carbonyl (C=O) groups excluding carboxylic acids is 1. The Bertz CT molecular complexity index is 1370. The Morgan fingerprint density at radius 1 is 0.653 bits per heavy atom. The first kappa shape index (κ1) is 35.7. The van der Waals surface area contributed by atoms with E-state index >= 15 is 0 Å². The Kier molecular flexibility index (Phi) is 13.3. The molecular formula is C40H57N3O6. The number of ether oxygens (including phenoxy) is 3. The van der Waals surface area contributed by atoms with E-state index in [1.807, 2.05) is 11.0 Å². The highest BCUT2D eigenvalue weighted by Gasteiger charge is 2.27. The molecule has 268 valence electrons. The molecule has 2 saturated carbocycles. The fourth-order valence-electron chi connectivity index (χ4n) is 7.65. The predicted molar refractivity (Wildman–Crippen MR) is 191 cm³/mol. The topological polar surface area (TPSA) is 91.8 Å². The van der Waals surface area contributed by atoms with Gasteiger partial charge < -0.3 is 24.2 Å². The summed E-state index contributed by atoms with van der Waals surface area (Å²) in [6, 6.07) is 14.6. The molecule has 1 N–H and O–H groups in total. The zero-order chi connectivity index (χ0) is 33.8. The van der Waals surface area contributed by atoms with E-state index in [1.165, 1.54) is 80.4 Å². The van der Waals surface area contributed by atoms with Crippen LogP contribution in [0.15, 0.2) is 36.4 Å². The molecule has 0 bridgehead atoms. The van der Waals surface area contributed by atoms with Crippen LogP contribution in [0, 0.1) is 0 Å². The lowest BCUT2D eigenvalue weighted by Crippen LogP contribution is -2.41. The summed E-state index contributed by atoms with van der Waals surface area (Å²) in [6.07, 6.45) is 14.8. The van der Waals surface area contributed by atoms with Crippen LogP contribution in [-0.4, -0.2) is 109 Å². The zero-order valence-electron chi connectivity index (χ0n) is 29.4. The number of carbonyl (C=O) groups is 2. The highest BCUT2D eigenvalue weighted by atomic mass is 16.5. The fraction of sp³-hybridized carbons (Fsp3) is 0.650. The van der Waals surface area contributed by atoms with Crippen molar-refractivity contribution >= 4 is 11.9 Å². The van der Waals surface area contributed by atoms with E-state index in [4.69, 9.17) is 19.3 Å². The largest absolute Gasteiger partial charge is 0.494 e. The van der Waals surface area contributed by atoms with Gasteiger partial charge in [-0.05, 0) is 111 Å². The first-order chi connectivity index (χ1) is 24.0. The van der Waals surface area contributed by atoms with Crippen LogP contribution in [0.2, 0.25) is 0 Å². The number of morpholine rings is 1.